The third-order valence-electron chi connectivity index (χ3n) is 9.31. The summed E-state index contributed by atoms with van der Waals surface area (Å²) in [5.74, 6) is -1.40. The normalized spacial score (nSPS) is 18.0. The number of hydrogen-bond acceptors (Lipinski definition) is 10. The molecule has 0 spiro atoms. The van der Waals surface area contributed by atoms with Crippen molar-refractivity contribution in [1.29, 1.82) is 0 Å². The molecule has 3 N–H and O–H groups in total. The van der Waals surface area contributed by atoms with Gasteiger partial charge in [0.2, 0.25) is 5.91 Å². The minimum absolute atomic E-state index is 0.0533. The van der Waals surface area contributed by atoms with Crippen LogP contribution >= 0.6 is 0 Å². The van der Waals surface area contributed by atoms with Crippen LogP contribution in [0.1, 0.15) is 67.8 Å². The lowest BCUT2D eigenvalue weighted by Gasteiger charge is -2.28. The first-order valence-corrected chi connectivity index (χ1v) is 19.1. The largest absolute Gasteiger partial charge is 0.464 e. The van der Waals surface area contributed by atoms with Crippen molar-refractivity contribution >= 4 is 62.0 Å². The Morgan fingerprint density at radius 1 is 1.09 bits per heavy atom. The zero-order valence-corrected chi connectivity index (χ0v) is 31.8. The van der Waals surface area contributed by atoms with Crippen LogP contribution in [0.3, 0.4) is 0 Å². The van der Waals surface area contributed by atoms with Gasteiger partial charge in [-0.25, -0.2) is 27.8 Å². The molecule has 16 heteroatoms. The van der Waals surface area contributed by atoms with Gasteiger partial charge in [0, 0.05) is 42.5 Å². The van der Waals surface area contributed by atoms with Gasteiger partial charge in [0.1, 0.15) is 18.2 Å². The van der Waals surface area contributed by atoms with Gasteiger partial charge in [0.15, 0.2) is 15.7 Å². The highest BCUT2D eigenvalue weighted by Crippen LogP contribution is 2.37. The van der Waals surface area contributed by atoms with E-state index in [1.54, 1.807) is 70.2 Å². The summed E-state index contributed by atoms with van der Waals surface area (Å²) in [6.45, 7) is 5.37. The maximum atomic E-state index is 14.5. The summed E-state index contributed by atoms with van der Waals surface area (Å²) in [6, 6.07) is 14.9. The lowest BCUT2D eigenvalue weighted by molar-refractivity contribution is -0.131. The first-order valence-electron chi connectivity index (χ1n) is 17.6. The number of alkyl halides is 1. The van der Waals surface area contributed by atoms with Crippen molar-refractivity contribution in [3.8, 4) is 0 Å². The maximum Gasteiger partial charge on any atom is 0.425 e. The standard InChI is InChI=1S/C39H42FN5O9S/c1-22-16-24-6-11-30(22)26(19-40)21-53-36(47)43-28-8-13-32(55(51,52)29-9-10-29)25(18-28)20-44(5)35(46)33(24)42-27-7-12-31-23(17-27)14-15-41-34(31)45(37(48)49)38(50)54-39(2,3)4/h6-8,11-18,26,29,33,42H,9-10,19-21H2,1-5H3,(H,43,47)(H,48,49)/t26-,33+/m0/s1. The van der Waals surface area contributed by atoms with Crippen LogP contribution in [-0.4, -0.2) is 78.8 Å². The number of fused-ring (bicyclic) bond motifs is 10. The number of nitrogens with zero attached hydrogens (tertiary/aromatic N) is 3. The Bertz CT molecular complexity index is 2290. The van der Waals surface area contributed by atoms with Gasteiger partial charge in [0.05, 0.1) is 16.8 Å². The zero-order chi connectivity index (χ0) is 39.8. The van der Waals surface area contributed by atoms with Crippen molar-refractivity contribution < 1.29 is 46.6 Å². The topological polar surface area (TPSA) is 185 Å². The predicted molar refractivity (Wildman–Crippen MR) is 203 cm³/mol. The molecule has 4 bridgehead atoms. The molecule has 0 saturated heterocycles. The van der Waals surface area contributed by atoms with Crippen LogP contribution in [-0.2, 0) is 30.7 Å². The zero-order valence-electron chi connectivity index (χ0n) is 31.0. The number of carbonyl (C=O) groups is 4. The molecule has 3 heterocycles. The van der Waals surface area contributed by atoms with Crippen LogP contribution in [0.25, 0.3) is 10.8 Å². The molecule has 290 valence electrons. The molecule has 55 heavy (non-hydrogen) atoms. The number of hydrogen-bond donors (Lipinski definition) is 3. The fourth-order valence-corrected chi connectivity index (χ4v) is 8.36. The number of halogens is 1. The fourth-order valence-electron chi connectivity index (χ4n) is 6.50. The van der Waals surface area contributed by atoms with E-state index in [-0.39, 0.29) is 29.6 Å². The first-order chi connectivity index (χ1) is 26.0. The number of likely N-dealkylation sites (N-methyl/N-ethyl adjacent to an activating group) is 1. The van der Waals surface area contributed by atoms with Crippen molar-refractivity contribution in [2.75, 3.05) is 35.9 Å². The van der Waals surface area contributed by atoms with Gasteiger partial charge in [-0.3, -0.25) is 14.5 Å². The number of anilines is 3. The molecule has 7 rings (SSSR count). The van der Waals surface area contributed by atoms with Gasteiger partial charge < -0.3 is 24.8 Å². The van der Waals surface area contributed by atoms with Crippen LogP contribution < -0.4 is 15.5 Å². The Hall–Kier alpha value is -5.77. The molecule has 14 nitrogen and oxygen atoms in total. The Morgan fingerprint density at radius 2 is 1.84 bits per heavy atom. The van der Waals surface area contributed by atoms with Crippen molar-refractivity contribution in [2.24, 2.45) is 0 Å². The van der Waals surface area contributed by atoms with Crippen molar-refractivity contribution in [3.05, 3.63) is 89.1 Å². The summed E-state index contributed by atoms with van der Waals surface area (Å²) in [5.41, 5.74) is 1.75. The average Bonchev–Trinajstić information content (AvgIpc) is 3.97. The molecule has 1 fully saturated rings. The summed E-state index contributed by atoms with van der Waals surface area (Å²) in [6.07, 6.45) is -1.14. The highest BCUT2D eigenvalue weighted by atomic mass is 32.2. The minimum Gasteiger partial charge on any atom is -0.464 e. The number of benzene rings is 3. The molecule has 3 aliphatic rings. The number of nitrogens with one attached hydrogen (secondary N) is 2. The molecular weight excluding hydrogens is 734 g/mol. The van der Waals surface area contributed by atoms with E-state index in [1.807, 2.05) is 0 Å². The second-order valence-corrected chi connectivity index (χ2v) is 16.9. The highest BCUT2D eigenvalue weighted by molar-refractivity contribution is 7.92. The maximum absolute atomic E-state index is 14.5. The fraction of sp³-hybridized carbons (Fsp3) is 0.359. The molecule has 1 aliphatic carbocycles. The SMILES string of the molecule is Cc1cc2ccc1[C@@H](CF)COC(=O)Nc1ccc(S(=O)(=O)C3CC3)c(c1)CN(C)C(=O)[C@@H]2Nc1ccc2c(N(C(=O)O)C(=O)OC(C)(C)C)nccc2c1. The van der Waals surface area contributed by atoms with Gasteiger partial charge in [0.25, 0.3) is 0 Å². The molecule has 4 amide bonds. The van der Waals surface area contributed by atoms with Gasteiger partial charge in [-0.1, -0.05) is 18.2 Å². The number of sulfone groups is 1. The van der Waals surface area contributed by atoms with E-state index in [0.29, 0.717) is 56.5 Å². The van der Waals surface area contributed by atoms with Crippen LogP contribution in [0.4, 0.5) is 36.0 Å². The predicted octanol–water partition coefficient (Wildman–Crippen LogP) is 7.33. The van der Waals surface area contributed by atoms with E-state index in [9.17, 15) is 37.1 Å². The smallest absolute Gasteiger partial charge is 0.425 e. The van der Waals surface area contributed by atoms with Gasteiger partial charge in [-0.2, -0.15) is 4.90 Å². The van der Waals surface area contributed by atoms with E-state index in [1.165, 1.54) is 36.3 Å². The number of aromatic nitrogens is 1. The second kappa shape index (κ2) is 15.2. The molecule has 2 aliphatic heterocycles. The molecule has 3 aromatic carbocycles. The number of aryl methyl sites for hydroxylation is 1. The van der Waals surface area contributed by atoms with Gasteiger partial charge in [-0.15, -0.1) is 0 Å². The number of rotatable bonds is 6. The molecule has 2 atom stereocenters. The molecular formula is C39H42FN5O9S. The number of pyridine rings is 1. The third kappa shape index (κ3) is 8.48. The van der Waals surface area contributed by atoms with Crippen molar-refractivity contribution in [2.45, 2.75) is 74.8 Å². The van der Waals surface area contributed by atoms with Crippen LogP contribution in [0.2, 0.25) is 0 Å². The van der Waals surface area contributed by atoms with Gasteiger partial charge >= 0.3 is 18.3 Å². The Balaban J connectivity index is 1.41. The number of carboxylic acid groups (broad SMARTS) is 1. The molecule has 0 radical (unpaired) electrons. The molecule has 4 aromatic rings. The van der Waals surface area contributed by atoms with E-state index < -0.39 is 63.5 Å². The summed E-state index contributed by atoms with van der Waals surface area (Å²) in [7, 11) is -2.18. The second-order valence-electron chi connectivity index (χ2n) is 14.7. The quantitative estimate of drug-likeness (QED) is 0.178. The number of amides is 4. The summed E-state index contributed by atoms with van der Waals surface area (Å²) < 4.78 is 52.1. The van der Waals surface area contributed by atoms with Crippen LogP contribution in [0.5, 0.6) is 0 Å². The Labute approximate surface area is 317 Å². The van der Waals surface area contributed by atoms with Gasteiger partial charge in [-0.05, 0) is 111 Å². The minimum atomic E-state index is -3.72. The monoisotopic (exact) mass is 775 g/mol. The lowest BCUT2D eigenvalue weighted by atomic mass is 9.92. The highest BCUT2D eigenvalue weighted by Gasteiger charge is 2.39. The number of carbonyl (C=O) groups excluding carboxylic acids is 3. The van der Waals surface area contributed by atoms with E-state index in [4.69, 9.17) is 9.47 Å². The van der Waals surface area contributed by atoms with Crippen LogP contribution in [0, 0.1) is 6.92 Å². The average molecular weight is 776 g/mol. The number of imide groups is 1. The summed E-state index contributed by atoms with van der Waals surface area (Å²) >= 11 is 0. The summed E-state index contributed by atoms with van der Waals surface area (Å²) in [4.78, 5) is 58.5. The molecule has 1 aromatic heterocycles. The Kier molecular flexibility index (Phi) is 10.7. The van der Waals surface area contributed by atoms with Crippen molar-refractivity contribution in [1.82, 2.24) is 9.88 Å². The van der Waals surface area contributed by atoms with Crippen LogP contribution in [0.15, 0.2) is 71.8 Å². The molecule has 1 saturated carbocycles. The van der Waals surface area contributed by atoms with E-state index >= 15 is 0 Å². The summed E-state index contributed by atoms with van der Waals surface area (Å²) in [5, 5.41) is 16.1. The number of ether oxygens (including phenoxy) is 2. The van der Waals surface area contributed by atoms with E-state index in [2.05, 4.69) is 15.6 Å². The third-order valence-corrected chi connectivity index (χ3v) is 11.7. The van der Waals surface area contributed by atoms with E-state index in [0.717, 1.165) is 0 Å². The first kappa shape index (κ1) is 38.9. The lowest BCUT2D eigenvalue weighted by Crippen LogP contribution is -2.40. The molecule has 0 unspecified atom stereocenters. The Morgan fingerprint density at radius 3 is 2.49 bits per heavy atom. The van der Waals surface area contributed by atoms with Crippen molar-refractivity contribution in [3.63, 3.8) is 0 Å².